The van der Waals surface area contributed by atoms with Crippen molar-refractivity contribution in [2.75, 3.05) is 32.6 Å². The Morgan fingerprint density at radius 2 is 1.96 bits per heavy atom. The topological polar surface area (TPSA) is 94.5 Å². The minimum Gasteiger partial charge on any atom is -0.495 e. The number of nitrogens with zero attached hydrogens (tertiary/aromatic N) is 2. The molecule has 1 aromatic carbocycles. The maximum Gasteiger partial charge on any atom is 0.238 e. The molecule has 0 fully saturated rings. The van der Waals surface area contributed by atoms with Crippen molar-refractivity contribution in [3.05, 3.63) is 23.2 Å². The number of halogens is 1. The summed E-state index contributed by atoms with van der Waals surface area (Å²) in [5, 5.41) is 15.1. The van der Waals surface area contributed by atoms with E-state index in [9.17, 15) is 14.9 Å². The summed E-state index contributed by atoms with van der Waals surface area (Å²) in [5.74, 6) is -0.184. The van der Waals surface area contributed by atoms with Crippen LogP contribution in [0.2, 0.25) is 5.02 Å². The standard InChI is InChI=1S/C18H25ClN4O3/c1-12(2)18(3,11-20)22-17(25)10-23(4)9-16(24)21-14-8-13(19)6-7-15(14)26-5/h6-8,12H,9-10H2,1-5H3,(H,21,24)(H,22,25)/t18-/m0/s1. The summed E-state index contributed by atoms with van der Waals surface area (Å²) in [6.07, 6.45) is 0. The molecule has 0 unspecified atom stereocenters. The molecule has 0 heterocycles. The van der Waals surface area contributed by atoms with Crippen LogP contribution >= 0.6 is 11.6 Å². The van der Waals surface area contributed by atoms with Crippen LogP contribution in [-0.2, 0) is 9.59 Å². The first-order chi connectivity index (χ1) is 12.1. The van der Waals surface area contributed by atoms with E-state index in [1.54, 1.807) is 37.1 Å². The molecule has 0 aliphatic heterocycles. The number of hydrogen-bond donors (Lipinski definition) is 2. The zero-order valence-electron chi connectivity index (χ0n) is 15.7. The Morgan fingerprint density at radius 1 is 1.35 bits per heavy atom. The van der Waals surface area contributed by atoms with Gasteiger partial charge in [0.1, 0.15) is 11.3 Å². The number of benzene rings is 1. The number of methoxy groups -OCH3 is 1. The normalized spacial score (nSPS) is 13.0. The van der Waals surface area contributed by atoms with Crippen LogP contribution in [0.1, 0.15) is 20.8 Å². The van der Waals surface area contributed by atoms with Crippen molar-refractivity contribution >= 4 is 29.1 Å². The molecule has 0 saturated heterocycles. The van der Waals surface area contributed by atoms with Crippen molar-refractivity contribution < 1.29 is 14.3 Å². The Balaban J connectivity index is 2.61. The van der Waals surface area contributed by atoms with Crippen LogP contribution in [0.15, 0.2) is 18.2 Å². The van der Waals surface area contributed by atoms with Gasteiger partial charge in [0.25, 0.3) is 0 Å². The summed E-state index contributed by atoms with van der Waals surface area (Å²) in [5.41, 5.74) is -0.492. The molecule has 8 heteroatoms. The lowest BCUT2D eigenvalue weighted by Crippen LogP contribution is -2.51. The third-order valence-electron chi connectivity index (χ3n) is 4.05. The van der Waals surface area contributed by atoms with E-state index in [0.29, 0.717) is 16.5 Å². The number of likely N-dealkylation sites (N-methyl/N-ethyl adjacent to an activating group) is 1. The van der Waals surface area contributed by atoms with Gasteiger partial charge in [0.15, 0.2) is 0 Å². The van der Waals surface area contributed by atoms with Crippen LogP contribution in [-0.4, -0.2) is 49.5 Å². The fourth-order valence-corrected chi connectivity index (χ4v) is 2.32. The van der Waals surface area contributed by atoms with Crippen LogP contribution in [0, 0.1) is 17.2 Å². The number of nitrogens with one attached hydrogen (secondary N) is 2. The second kappa shape index (κ2) is 9.41. The number of carbonyl (C=O) groups excluding carboxylic acids is 2. The van der Waals surface area contributed by atoms with Gasteiger partial charge in [-0.2, -0.15) is 5.26 Å². The van der Waals surface area contributed by atoms with Crippen LogP contribution in [0.4, 0.5) is 5.69 Å². The third-order valence-corrected chi connectivity index (χ3v) is 4.28. The third kappa shape index (κ3) is 6.21. The monoisotopic (exact) mass is 380 g/mol. The molecule has 2 amide bonds. The van der Waals surface area contributed by atoms with Crippen molar-refractivity contribution in [3.8, 4) is 11.8 Å². The van der Waals surface area contributed by atoms with Gasteiger partial charge in [-0.1, -0.05) is 25.4 Å². The smallest absolute Gasteiger partial charge is 0.238 e. The lowest BCUT2D eigenvalue weighted by Gasteiger charge is -2.28. The van der Waals surface area contributed by atoms with Gasteiger partial charge >= 0.3 is 0 Å². The van der Waals surface area contributed by atoms with Crippen LogP contribution in [0.3, 0.4) is 0 Å². The van der Waals surface area contributed by atoms with Gasteiger partial charge in [0.2, 0.25) is 11.8 Å². The molecule has 1 atom stereocenters. The Labute approximate surface area is 159 Å². The van der Waals surface area contributed by atoms with Crippen LogP contribution < -0.4 is 15.4 Å². The zero-order chi connectivity index (χ0) is 19.9. The summed E-state index contributed by atoms with van der Waals surface area (Å²) >= 11 is 5.94. The molecule has 0 aliphatic carbocycles. The van der Waals surface area contributed by atoms with Gasteiger partial charge in [-0.3, -0.25) is 14.5 Å². The fraction of sp³-hybridized carbons (Fsp3) is 0.500. The highest BCUT2D eigenvalue weighted by atomic mass is 35.5. The highest BCUT2D eigenvalue weighted by molar-refractivity contribution is 6.31. The van der Waals surface area contributed by atoms with Gasteiger partial charge in [0, 0.05) is 5.02 Å². The quantitative estimate of drug-likeness (QED) is 0.721. The van der Waals surface area contributed by atoms with Gasteiger partial charge < -0.3 is 15.4 Å². The molecule has 26 heavy (non-hydrogen) atoms. The van der Waals surface area contributed by atoms with Crippen LogP contribution in [0.25, 0.3) is 0 Å². The summed E-state index contributed by atoms with van der Waals surface area (Å²) in [6, 6.07) is 7.02. The first-order valence-corrected chi connectivity index (χ1v) is 8.53. The van der Waals surface area contributed by atoms with E-state index in [-0.39, 0.29) is 30.8 Å². The van der Waals surface area contributed by atoms with Gasteiger partial charge in [0.05, 0.1) is 32.0 Å². The predicted octanol–water partition coefficient (Wildman–Crippen LogP) is 2.27. The molecule has 1 aromatic rings. The molecule has 0 saturated carbocycles. The summed E-state index contributed by atoms with van der Waals surface area (Å²) < 4.78 is 5.18. The SMILES string of the molecule is COc1ccc(Cl)cc1NC(=O)CN(C)CC(=O)N[C@@](C)(C#N)C(C)C. The van der Waals surface area contributed by atoms with Gasteiger partial charge in [-0.25, -0.2) is 0 Å². The van der Waals surface area contributed by atoms with E-state index >= 15 is 0 Å². The minimum atomic E-state index is -0.950. The molecule has 0 bridgehead atoms. The van der Waals surface area contributed by atoms with E-state index in [1.165, 1.54) is 7.11 Å². The zero-order valence-corrected chi connectivity index (χ0v) is 16.5. The maximum absolute atomic E-state index is 12.2. The van der Waals surface area contributed by atoms with Crippen molar-refractivity contribution in [1.29, 1.82) is 5.26 Å². The number of anilines is 1. The number of carbonyl (C=O) groups is 2. The van der Waals surface area contributed by atoms with Crippen molar-refractivity contribution in [1.82, 2.24) is 10.2 Å². The lowest BCUT2D eigenvalue weighted by molar-refractivity contribution is -0.124. The molecular formula is C18H25ClN4O3. The van der Waals surface area contributed by atoms with E-state index in [1.807, 2.05) is 13.8 Å². The Hall–Kier alpha value is -2.30. The van der Waals surface area contributed by atoms with E-state index in [2.05, 4.69) is 16.7 Å². The van der Waals surface area contributed by atoms with Crippen molar-refractivity contribution in [2.45, 2.75) is 26.3 Å². The minimum absolute atomic E-state index is 0.00592. The van der Waals surface area contributed by atoms with Gasteiger partial charge in [-0.15, -0.1) is 0 Å². The van der Waals surface area contributed by atoms with Crippen LogP contribution in [0.5, 0.6) is 5.75 Å². The van der Waals surface area contributed by atoms with E-state index in [4.69, 9.17) is 16.3 Å². The highest BCUT2D eigenvalue weighted by Crippen LogP contribution is 2.27. The molecular weight excluding hydrogens is 356 g/mol. The van der Waals surface area contributed by atoms with E-state index in [0.717, 1.165) is 0 Å². The maximum atomic E-state index is 12.2. The first-order valence-electron chi connectivity index (χ1n) is 8.15. The summed E-state index contributed by atoms with van der Waals surface area (Å²) in [7, 11) is 3.14. The predicted molar refractivity (Wildman–Crippen MR) is 101 cm³/mol. The second-order valence-corrected chi connectivity index (χ2v) is 7.02. The lowest BCUT2D eigenvalue weighted by atomic mass is 9.90. The molecule has 7 nitrogen and oxygen atoms in total. The molecule has 0 aromatic heterocycles. The fourth-order valence-electron chi connectivity index (χ4n) is 2.14. The second-order valence-electron chi connectivity index (χ2n) is 6.58. The number of nitriles is 1. The van der Waals surface area contributed by atoms with Gasteiger partial charge in [-0.05, 0) is 38.1 Å². The van der Waals surface area contributed by atoms with Crippen molar-refractivity contribution in [3.63, 3.8) is 0 Å². The molecule has 0 spiro atoms. The summed E-state index contributed by atoms with van der Waals surface area (Å²) in [6.45, 7) is 5.38. The Kier molecular flexibility index (Phi) is 7.87. The first kappa shape index (κ1) is 21.7. The van der Waals surface area contributed by atoms with E-state index < -0.39 is 5.54 Å². The van der Waals surface area contributed by atoms with Crippen molar-refractivity contribution in [2.24, 2.45) is 5.92 Å². The Morgan fingerprint density at radius 3 is 2.50 bits per heavy atom. The Bertz CT molecular complexity index is 702. The number of amides is 2. The summed E-state index contributed by atoms with van der Waals surface area (Å²) in [4.78, 5) is 25.9. The molecule has 0 radical (unpaired) electrons. The largest absolute Gasteiger partial charge is 0.495 e. The average molecular weight is 381 g/mol. The highest BCUT2D eigenvalue weighted by Gasteiger charge is 2.30. The number of ether oxygens (including phenoxy) is 1. The molecule has 0 aliphatic rings. The average Bonchev–Trinajstić information content (AvgIpc) is 2.54. The molecule has 2 N–H and O–H groups in total. The molecule has 1 rings (SSSR count). The number of hydrogen-bond acceptors (Lipinski definition) is 5. The molecule has 142 valence electrons. The number of rotatable bonds is 8.